The summed E-state index contributed by atoms with van der Waals surface area (Å²) < 4.78 is 0. The molecule has 0 aromatic carbocycles. The topological polar surface area (TPSA) is 40.5 Å². The third kappa shape index (κ3) is 1.61. The number of aliphatic hydroxyl groups excluding tert-OH is 2. The van der Waals surface area contributed by atoms with Gasteiger partial charge in [-0.3, -0.25) is 0 Å². The highest BCUT2D eigenvalue weighted by Crippen LogP contribution is 2.52. The van der Waals surface area contributed by atoms with Gasteiger partial charge in [-0.05, 0) is 31.6 Å². The van der Waals surface area contributed by atoms with Crippen LogP contribution in [0.4, 0.5) is 0 Å². The lowest BCUT2D eigenvalue weighted by Gasteiger charge is -2.49. The molecule has 82 valence electrons. The van der Waals surface area contributed by atoms with Gasteiger partial charge in [0.2, 0.25) is 0 Å². The molecule has 1 aliphatic rings. The zero-order chi connectivity index (χ0) is 10.8. The first kappa shape index (κ1) is 11.7. The molecule has 2 N–H and O–H groups in total. The molecule has 0 heterocycles. The van der Waals surface area contributed by atoms with Crippen molar-refractivity contribution in [2.45, 2.75) is 40.0 Å². The van der Waals surface area contributed by atoms with Crippen molar-refractivity contribution in [1.29, 1.82) is 0 Å². The Bertz CT molecular complexity index is 230. The lowest BCUT2D eigenvalue weighted by atomic mass is 9.56. The monoisotopic (exact) mass is 198 g/mol. The summed E-state index contributed by atoms with van der Waals surface area (Å²) in [6, 6.07) is 0. The highest BCUT2D eigenvalue weighted by Gasteiger charge is 2.46. The Labute approximate surface area is 86.6 Å². The van der Waals surface area contributed by atoms with Gasteiger partial charge in [-0.2, -0.15) is 0 Å². The molecular formula is C12H22O2. The van der Waals surface area contributed by atoms with Gasteiger partial charge in [-0.1, -0.05) is 25.5 Å². The predicted molar refractivity (Wildman–Crippen MR) is 58.0 cm³/mol. The van der Waals surface area contributed by atoms with E-state index in [1.54, 1.807) is 0 Å². The van der Waals surface area contributed by atoms with Crippen LogP contribution in [0.15, 0.2) is 11.6 Å². The first-order chi connectivity index (χ1) is 6.50. The highest BCUT2D eigenvalue weighted by atomic mass is 16.3. The molecule has 2 nitrogen and oxygen atoms in total. The molecule has 0 aromatic heterocycles. The quantitative estimate of drug-likeness (QED) is 0.682. The fourth-order valence-electron chi connectivity index (χ4n) is 2.76. The first-order valence-corrected chi connectivity index (χ1v) is 5.39. The fraction of sp³-hybridized carbons (Fsp3) is 0.833. The minimum absolute atomic E-state index is 0.0866. The van der Waals surface area contributed by atoms with Crippen LogP contribution in [0.3, 0.4) is 0 Å². The van der Waals surface area contributed by atoms with E-state index in [9.17, 15) is 5.11 Å². The van der Waals surface area contributed by atoms with Crippen molar-refractivity contribution < 1.29 is 10.2 Å². The van der Waals surface area contributed by atoms with Crippen molar-refractivity contribution >= 4 is 0 Å². The van der Waals surface area contributed by atoms with E-state index in [0.29, 0.717) is 6.42 Å². The fourth-order valence-corrected chi connectivity index (χ4v) is 2.76. The maximum atomic E-state index is 9.63. The van der Waals surface area contributed by atoms with Gasteiger partial charge in [-0.25, -0.2) is 0 Å². The lowest BCUT2D eigenvalue weighted by Crippen LogP contribution is -2.44. The van der Waals surface area contributed by atoms with E-state index >= 15 is 0 Å². The minimum Gasteiger partial charge on any atom is -0.396 e. The molecule has 0 spiro atoms. The molecule has 0 fully saturated rings. The van der Waals surface area contributed by atoms with Gasteiger partial charge in [0.1, 0.15) is 0 Å². The summed E-state index contributed by atoms with van der Waals surface area (Å²) in [6.07, 6.45) is 5.05. The van der Waals surface area contributed by atoms with Crippen molar-refractivity contribution in [1.82, 2.24) is 0 Å². The summed E-state index contributed by atoms with van der Waals surface area (Å²) in [6.45, 7) is 6.75. The maximum absolute atomic E-state index is 9.63. The summed E-state index contributed by atoms with van der Waals surface area (Å²) in [4.78, 5) is 0. The van der Waals surface area contributed by atoms with Gasteiger partial charge in [-0.15, -0.1) is 0 Å². The zero-order valence-electron chi connectivity index (χ0n) is 9.51. The van der Waals surface area contributed by atoms with Crippen LogP contribution in [0.25, 0.3) is 0 Å². The van der Waals surface area contributed by atoms with Crippen molar-refractivity contribution in [3.05, 3.63) is 11.6 Å². The average molecular weight is 198 g/mol. The second-order valence-electron chi connectivity index (χ2n) is 5.02. The van der Waals surface area contributed by atoms with Crippen LogP contribution in [0.5, 0.6) is 0 Å². The molecular weight excluding hydrogens is 176 g/mol. The van der Waals surface area contributed by atoms with E-state index in [1.165, 1.54) is 5.57 Å². The summed E-state index contributed by atoms with van der Waals surface area (Å²) >= 11 is 0. The molecule has 0 saturated heterocycles. The molecule has 1 unspecified atom stereocenters. The van der Waals surface area contributed by atoms with Gasteiger partial charge >= 0.3 is 0 Å². The van der Waals surface area contributed by atoms with Crippen LogP contribution in [0.1, 0.15) is 40.0 Å². The molecule has 2 heteroatoms. The van der Waals surface area contributed by atoms with Gasteiger partial charge in [0.15, 0.2) is 0 Å². The van der Waals surface area contributed by atoms with E-state index in [1.807, 2.05) is 0 Å². The second kappa shape index (κ2) is 4.03. The zero-order valence-corrected chi connectivity index (χ0v) is 9.51. The summed E-state index contributed by atoms with van der Waals surface area (Å²) in [7, 11) is 0. The number of allylic oxidation sites excluding steroid dienone is 1. The summed E-state index contributed by atoms with van der Waals surface area (Å²) in [5.41, 5.74) is 1.12. The third-order valence-corrected chi connectivity index (χ3v) is 4.08. The average Bonchev–Trinajstić information content (AvgIpc) is 2.11. The first-order valence-electron chi connectivity index (χ1n) is 5.39. The summed E-state index contributed by atoms with van der Waals surface area (Å²) in [5, 5.41) is 18.8. The van der Waals surface area contributed by atoms with Crippen LogP contribution in [0.2, 0.25) is 0 Å². The Hall–Kier alpha value is -0.340. The Morgan fingerprint density at radius 1 is 1.36 bits per heavy atom. The molecule has 1 aliphatic carbocycles. The lowest BCUT2D eigenvalue weighted by molar-refractivity contribution is 0.00264. The Kier molecular flexibility index (Phi) is 3.38. The SMILES string of the molecule is CC1=CCCC(C)(C)C1(CO)CCO. The van der Waals surface area contributed by atoms with Crippen LogP contribution in [0, 0.1) is 10.8 Å². The van der Waals surface area contributed by atoms with E-state index in [4.69, 9.17) is 5.11 Å². The van der Waals surface area contributed by atoms with Gasteiger partial charge < -0.3 is 10.2 Å². The molecule has 0 aliphatic heterocycles. The van der Waals surface area contributed by atoms with Crippen LogP contribution in [-0.4, -0.2) is 23.4 Å². The number of rotatable bonds is 3. The van der Waals surface area contributed by atoms with Crippen molar-refractivity contribution in [3.63, 3.8) is 0 Å². The number of hydrogen-bond donors (Lipinski definition) is 2. The number of aliphatic hydroxyl groups is 2. The van der Waals surface area contributed by atoms with Crippen molar-refractivity contribution in [2.75, 3.05) is 13.2 Å². The molecule has 0 radical (unpaired) electrons. The smallest absolute Gasteiger partial charge is 0.0530 e. The van der Waals surface area contributed by atoms with Gasteiger partial charge in [0, 0.05) is 12.0 Å². The van der Waals surface area contributed by atoms with E-state index in [0.717, 1.165) is 12.8 Å². The predicted octanol–water partition coefficient (Wildman–Crippen LogP) is 2.11. The minimum atomic E-state index is -0.208. The normalized spacial score (nSPS) is 31.4. The Morgan fingerprint density at radius 3 is 2.43 bits per heavy atom. The molecule has 14 heavy (non-hydrogen) atoms. The summed E-state index contributed by atoms with van der Waals surface area (Å²) in [5.74, 6) is 0. The molecule has 0 amide bonds. The van der Waals surface area contributed by atoms with Gasteiger partial charge in [0.25, 0.3) is 0 Å². The molecule has 0 bridgehead atoms. The highest BCUT2D eigenvalue weighted by molar-refractivity contribution is 5.20. The largest absolute Gasteiger partial charge is 0.396 e. The maximum Gasteiger partial charge on any atom is 0.0530 e. The van der Waals surface area contributed by atoms with E-state index < -0.39 is 0 Å². The Morgan fingerprint density at radius 2 is 2.00 bits per heavy atom. The van der Waals surface area contributed by atoms with Crippen LogP contribution in [-0.2, 0) is 0 Å². The van der Waals surface area contributed by atoms with Crippen LogP contribution < -0.4 is 0 Å². The van der Waals surface area contributed by atoms with Gasteiger partial charge in [0.05, 0.1) is 6.61 Å². The molecule has 0 saturated carbocycles. The van der Waals surface area contributed by atoms with E-state index in [2.05, 4.69) is 26.8 Å². The standard InChI is InChI=1S/C12H22O2/c1-10-5-4-6-11(2,3)12(10,9-14)7-8-13/h5,13-14H,4,6-9H2,1-3H3. The second-order valence-corrected chi connectivity index (χ2v) is 5.02. The molecule has 1 rings (SSSR count). The molecule has 0 aromatic rings. The third-order valence-electron chi connectivity index (χ3n) is 4.08. The van der Waals surface area contributed by atoms with Crippen molar-refractivity contribution in [2.24, 2.45) is 10.8 Å². The molecule has 1 atom stereocenters. The number of hydrogen-bond acceptors (Lipinski definition) is 2. The Balaban J connectivity index is 3.07. The van der Waals surface area contributed by atoms with E-state index in [-0.39, 0.29) is 24.0 Å². The van der Waals surface area contributed by atoms with Crippen LogP contribution >= 0.6 is 0 Å². The van der Waals surface area contributed by atoms with Crippen molar-refractivity contribution in [3.8, 4) is 0 Å².